The van der Waals surface area contributed by atoms with Crippen LogP contribution in [-0.4, -0.2) is 37.6 Å². The van der Waals surface area contributed by atoms with Gasteiger partial charge in [-0.3, -0.25) is 4.79 Å². The monoisotopic (exact) mass is 351 g/mol. The largest absolute Gasteiger partial charge is 0.378 e. The van der Waals surface area contributed by atoms with Crippen molar-refractivity contribution < 1.29 is 10.1 Å². The Morgan fingerprint density at radius 1 is 1.15 bits per heavy atom. The lowest BCUT2D eigenvalue weighted by Crippen LogP contribution is -2.92. The second kappa shape index (κ2) is 7.62. The number of benzene rings is 2. The highest BCUT2D eigenvalue weighted by molar-refractivity contribution is 5.84. The van der Waals surface area contributed by atoms with E-state index in [0.29, 0.717) is 0 Å². The van der Waals surface area contributed by atoms with Gasteiger partial charge in [0.1, 0.15) is 0 Å². The Hall–Kier alpha value is -2.79. The third-order valence-corrected chi connectivity index (χ3v) is 4.98. The molecule has 0 spiro atoms. The molecular weight excluding hydrogens is 324 g/mol. The molecule has 5 nitrogen and oxygen atoms in total. The lowest BCUT2D eigenvalue weighted by Gasteiger charge is -2.19. The van der Waals surface area contributed by atoms with Crippen molar-refractivity contribution in [2.24, 2.45) is 5.73 Å². The van der Waals surface area contributed by atoms with Gasteiger partial charge in [0.15, 0.2) is 6.04 Å². The van der Waals surface area contributed by atoms with E-state index in [0.717, 1.165) is 12.1 Å². The minimum absolute atomic E-state index is 0.171. The number of para-hydroxylation sites is 1. The zero-order valence-electron chi connectivity index (χ0n) is 15.6. The maximum absolute atomic E-state index is 11.4. The van der Waals surface area contributed by atoms with Crippen LogP contribution in [0.4, 0.5) is 5.69 Å². The van der Waals surface area contributed by atoms with Gasteiger partial charge in [0.25, 0.3) is 5.91 Å². The van der Waals surface area contributed by atoms with Gasteiger partial charge >= 0.3 is 0 Å². The number of hydrogen-bond acceptors (Lipinski definition) is 2. The normalized spacial score (nSPS) is 13.5. The molecule has 0 unspecified atom stereocenters. The summed E-state index contributed by atoms with van der Waals surface area (Å²) in [5.74, 6) is -0.116. The van der Waals surface area contributed by atoms with Crippen LogP contribution in [-0.2, 0) is 4.79 Å². The number of quaternary nitrogens is 1. The minimum Gasteiger partial charge on any atom is -0.378 e. The van der Waals surface area contributed by atoms with Crippen LogP contribution in [0.25, 0.3) is 10.9 Å². The zero-order chi connectivity index (χ0) is 18.7. The first-order chi connectivity index (χ1) is 12.5. The molecule has 0 fully saturated rings. The lowest BCUT2D eigenvalue weighted by molar-refractivity contribution is -0.674. The Labute approximate surface area is 154 Å². The van der Waals surface area contributed by atoms with Gasteiger partial charge in [-0.25, -0.2) is 0 Å². The number of fused-ring (bicyclic) bond motifs is 1. The van der Waals surface area contributed by atoms with E-state index in [1.54, 1.807) is 0 Å². The molecule has 0 aliphatic carbocycles. The fraction of sp³-hybridized carbons (Fsp3) is 0.286. The molecule has 3 aromatic rings. The predicted molar refractivity (Wildman–Crippen MR) is 106 cm³/mol. The number of anilines is 1. The number of rotatable bonds is 7. The van der Waals surface area contributed by atoms with Crippen LogP contribution < -0.4 is 16.0 Å². The molecule has 0 aliphatic rings. The molecule has 0 saturated heterocycles. The number of aromatic nitrogens is 1. The summed E-state index contributed by atoms with van der Waals surface area (Å²) >= 11 is 0. The number of aromatic amines is 1. The van der Waals surface area contributed by atoms with Gasteiger partial charge in [-0.15, -0.1) is 0 Å². The number of primary amides is 1. The van der Waals surface area contributed by atoms with E-state index in [1.165, 1.54) is 22.2 Å². The molecule has 0 bridgehead atoms. The Balaban J connectivity index is 1.97. The Bertz CT molecular complexity index is 882. The summed E-state index contributed by atoms with van der Waals surface area (Å²) in [6.07, 6.45) is 2.08. The molecule has 136 valence electrons. The number of carbonyl (C=O) groups is 1. The molecular formula is C21H27N4O+. The van der Waals surface area contributed by atoms with Crippen LogP contribution in [0.5, 0.6) is 0 Å². The maximum Gasteiger partial charge on any atom is 0.275 e. The van der Waals surface area contributed by atoms with E-state index in [2.05, 4.69) is 58.5 Å². The van der Waals surface area contributed by atoms with Gasteiger partial charge in [0, 0.05) is 36.9 Å². The first-order valence-corrected chi connectivity index (χ1v) is 8.93. The summed E-state index contributed by atoms with van der Waals surface area (Å²) in [4.78, 5) is 16.9. The Morgan fingerprint density at radius 3 is 2.50 bits per heavy atom. The molecule has 2 aromatic carbocycles. The highest BCUT2D eigenvalue weighted by Crippen LogP contribution is 2.30. The lowest BCUT2D eigenvalue weighted by atomic mass is 9.90. The zero-order valence-corrected chi connectivity index (χ0v) is 15.6. The smallest absolute Gasteiger partial charge is 0.275 e. The van der Waals surface area contributed by atoms with E-state index < -0.39 is 0 Å². The number of hydrogen-bond donors (Lipinski definition) is 3. The summed E-state index contributed by atoms with van der Waals surface area (Å²) < 4.78 is 0. The summed E-state index contributed by atoms with van der Waals surface area (Å²) in [6, 6.07) is 16.7. The van der Waals surface area contributed by atoms with Crippen LogP contribution in [0.3, 0.4) is 0 Å². The fourth-order valence-electron chi connectivity index (χ4n) is 3.29. The van der Waals surface area contributed by atoms with Gasteiger partial charge in [-0.05, 0) is 36.2 Å². The molecule has 5 heteroatoms. The number of carbonyl (C=O) groups excluding carboxylic acids is 1. The molecule has 0 aliphatic heterocycles. The fourth-order valence-corrected chi connectivity index (χ4v) is 3.29. The summed E-state index contributed by atoms with van der Waals surface area (Å²) in [5, 5.41) is 3.24. The first-order valence-electron chi connectivity index (χ1n) is 8.93. The van der Waals surface area contributed by atoms with Crippen molar-refractivity contribution in [1.29, 1.82) is 0 Å². The van der Waals surface area contributed by atoms with Crippen molar-refractivity contribution in [3.63, 3.8) is 0 Å². The number of amides is 1. The summed E-state index contributed by atoms with van der Waals surface area (Å²) in [5.41, 5.74) is 10.2. The predicted octanol–water partition coefficient (Wildman–Crippen LogP) is 1.80. The molecule has 3 rings (SSSR count). The van der Waals surface area contributed by atoms with E-state index in [4.69, 9.17) is 5.73 Å². The van der Waals surface area contributed by atoms with E-state index in [9.17, 15) is 4.79 Å². The second-order valence-electron chi connectivity index (χ2n) is 6.99. The third kappa shape index (κ3) is 3.73. The van der Waals surface area contributed by atoms with Crippen molar-refractivity contribution >= 4 is 22.5 Å². The van der Waals surface area contributed by atoms with Crippen molar-refractivity contribution in [3.05, 3.63) is 65.9 Å². The molecule has 2 atom stereocenters. The molecule has 1 aromatic heterocycles. The van der Waals surface area contributed by atoms with Crippen LogP contribution in [0.15, 0.2) is 54.7 Å². The molecule has 1 amide bonds. The van der Waals surface area contributed by atoms with Crippen molar-refractivity contribution in [3.8, 4) is 0 Å². The average Bonchev–Trinajstić information content (AvgIpc) is 3.06. The third-order valence-electron chi connectivity index (χ3n) is 4.98. The average molecular weight is 351 g/mol. The SMILES string of the molecule is C[C@@H]([NH2+]C[C@H](c1ccc(N(C)C)cc1)c1c[nH]c2ccccc12)C(N)=O. The quantitative estimate of drug-likeness (QED) is 0.607. The van der Waals surface area contributed by atoms with Gasteiger partial charge in [0.2, 0.25) is 0 Å². The van der Waals surface area contributed by atoms with Crippen LogP contribution in [0, 0.1) is 0 Å². The Morgan fingerprint density at radius 2 is 1.85 bits per heavy atom. The van der Waals surface area contributed by atoms with Gasteiger partial charge in [-0.2, -0.15) is 0 Å². The van der Waals surface area contributed by atoms with Crippen molar-refractivity contribution in [1.82, 2.24) is 4.98 Å². The van der Waals surface area contributed by atoms with Crippen molar-refractivity contribution in [2.45, 2.75) is 18.9 Å². The first kappa shape index (κ1) is 18.0. The topological polar surface area (TPSA) is 78.7 Å². The number of H-pyrrole nitrogens is 1. The Kier molecular flexibility index (Phi) is 5.28. The van der Waals surface area contributed by atoms with E-state index >= 15 is 0 Å². The van der Waals surface area contributed by atoms with Gasteiger partial charge < -0.3 is 20.9 Å². The maximum atomic E-state index is 11.4. The minimum atomic E-state index is -0.286. The van der Waals surface area contributed by atoms with Crippen LogP contribution in [0.2, 0.25) is 0 Å². The summed E-state index contributed by atoms with van der Waals surface area (Å²) in [6.45, 7) is 2.61. The molecule has 1 heterocycles. The number of nitrogens with zero attached hydrogens (tertiary/aromatic N) is 1. The molecule has 26 heavy (non-hydrogen) atoms. The molecule has 0 radical (unpaired) electrons. The van der Waals surface area contributed by atoms with Crippen molar-refractivity contribution in [2.75, 3.05) is 25.5 Å². The van der Waals surface area contributed by atoms with E-state index in [-0.39, 0.29) is 17.9 Å². The number of nitrogens with two attached hydrogens (primary N) is 2. The standard InChI is InChI=1S/C21H26N4O/c1-14(21(22)26)23-12-18(15-8-10-16(11-9-15)25(2)3)19-13-24-20-7-5-4-6-17(19)20/h4-11,13-14,18,23-24H,12H2,1-3H3,(H2,22,26)/p+1/t14-,18-/m1/s1. The molecule has 0 saturated carbocycles. The van der Waals surface area contributed by atoms with Gasteiger partial charge in [-0.1, -0.05) is 30.3 Å². The van der Waals surface area contributed by atoms with E-state index in [1.807, 2.05) is 32.4 Å². The summed E-state index contributed by atoms with van der Waals surface area (Å²) in [7, 11) is 4.07. The molecule has 5 N–H and O–H groups in total. The highest BCUT2D eigenvalue weighted by Gasteiger charge is 2.22. The number of nitrogens with one attached hydrogen (secondary N) is 1. The second-order valence-corrected chi connectivity index (χ2v) is 6.99. The highest BCUT2D eigenvalue weighted by atomic mass is 16.1. The van der Waals surface area contributed by atoms with Crippen LogP contribution in [0.1, 0.15) is 24.0 Å². The van der Waals surface area contributed by atoms with Crippen LogP contribution >= 0.6 is 0 Å². The van der Waals surface area contributed by atoms with Gasteiger partial charge in [0.05, 0.1) is 12.5 Å².